The van der Waals surface area contributed by atoms with Crippen LogP contribution in [0.3, 0.4) is 0 Å². The van der Waals surface area contributed by atoms with Gasteiger partial charge in [0.05, 0.1) is 5.54 Å². The van der Waals surface area contributed by atoms with Gasteiger partial charge in [-0.15, -0.1) is 0 Å². The zero-order valence-corrected chi connectivity index (χ0v) is 14.9. The van der Waals surface area contributed by atoms with Crippen LogP contribution in [0.5, 0.6) is 0 Å². The Morgan fingerprint density at radius 1 is 0.500 bits per heavy atom. The topological polar surface area (TPSA) is 26.0 Å². The third kappa shape index (κ3) is 3.17. The quantitative estimate of drug-likeness (QED) is 0.560. The number of hydrogen-bond acceptors (Lipinski definition) is 1. The second kappa shape index (κ2) is 7.38. The second-order valence-corrected chi connectivity index (χ2v) is 6.29. The molecule has 0 fully saturated rings. The van der Waals surface area contributed by atoms with E-state index in [1.54, 1.807) is 0 Å². The van der Waals surface area contributed by atoms with E-state index in [2.05, 4.69) is 56.1 Å². The highest BCUT2D eigenvalue weighted by Crippen LogP contribution is 2.35. The van der Waals surface area contributed by atoms with E-state index in [1.165, 1.54) is 0 Å². The highest BCUT2D eigenvalue weighted by molar-refractivity contribution is 5.57. The van der Waals surface area contributed by atoms with Gasteiger partial charge in [0, 0.05) is 0 Å². The molecule has 0 saturated carbocycles. The van der Waals surface area contributed by atoms with Crippen molar-refractivity contribution in [2.45, 2.75) is 5.54 Å². The normalized spacial score (nSPS) is 11.0. The Hall–Kier alpha value is -3.16. The van der Waals surface area contributed by atoms with Crippen LogP contribution in [0.15, 0.2) is 92.5 Å². The van der Waals surface area contributed by atoms with Crippen molar-refractivity contribution in [2.75, 3.05) is 0 Å². The molecule has 3 aromatic rings. The molecule has 2 N–H and O–H groups in total. The highest BCUT2D eigenvalue weighted by atomic mass is 14.7. The summed E-state index contributed by atoms with van der Waals surface area (Å²) in [7, 11) is 0. The van der Waals surface area contributed by atoms with Crippen LogP contribution in [0.4, 0.5) is 0 Å². The van der Waals surface area contributed by atoms with Gasteiger partial charge in [0.1, 0.15) is 0 Å². The minimum absolute atomic E-state index is 0.751. The SMILES string of the molecule is C=Cc1ccc(C(N)(c2ccc(C=C)cc2)c2ccc(C=C)cc2)cc1. The van der Waals surface area contributed by atoms with Gasteiger partial charge in [-0.25, -0.2) is 0 Å². The van der Waals surface area contributed by atoms with Gasteiger partial charge in [0.15, 0.2) is 0 Å². The molecule has 0 amide bonds. The van der Waals surface area contributed by atoms with Crippen molar-refractivity contribution in [3.05, 3.63) is 126 Å². The second-order valence-electron chi connectivity index (χ2n) is 6.29. The molecule has 0 aromatic heterocycles. The minimum atomic E-state index is -0.751. The lowest BCUT2D eigenvalue weighted by Crippen LogP contribution is -2.39. The Labute approximate surface area is 155 Å². The first kappa shape index (κ1) is 17.7. The average molecular weight is 337 g/mol. The Kier molecular flexibility index (Phi) is 5.01. The molecule has 0 aliphatic carbocycles. The third-order valence-corrected chi connectivity index (χ3v) is 4.81. The first-order valence-corrected chi connectivity index (χ1v) is 8.59. The molecule has 128 valence electrons. The maximum absolute atomic E-state index is 7.06. The molecule has 0 spiro atoms. The molecule has 0 atom stereocenters. The van der Waals surface area contributed by atoms with E-state index in [0.29, 0.717) is 0 Å². The summed E-state index contributed by atoms with van der Waals surface area (Å²) in [4.78, 5) is 0. The summed E-state index contributed by atoms with van der Waals surface area (Å²) in [6, 6.07) is 24.7. The summed E-state index contributed by atoms with van der Waals surface area (Å²) >= 11 is 0. The van der Waals surface area contributed by atoms with Crippen molar-refractivity contribution < 1.29 is 0 Å². The van der Waals surface area contributed by atoms with E-state index in [-0.39, 0.29) is 0 Å². The van der Waals surface area contributed by atoms with Crippen molar-refractivity contribution in [3.8, 4) is 0 Å². The van der Waals surface area contributed by atoms with E-state index < -0.39 is 5.54 Å². The maximum Gasteiger partial charge on any atom is 0.0922 e. The summed E-state index contributed by atoms with van der Waals surface area (Å²) in [6.45, 7) is 11.5. The molecule has 1 nitrogen and oxygen atoms in total. The van der Waals surface area contributed by atoms with Crippen molar-refractivity contribution in [1.82, 2.24) is 0 Å². The summed E-state index contributed by atoms with van der Waals surface area (Å²) < 4.78 is 0. The Bertz CT molecular complexity index is 788. The van der Waals surface area contributed by atoms with Crippen molar-refractivity contribution >= 4 is 18.2 Å². The molecular weight excluding hydrogens is 314 g/mol. The molecule has 3 aromatic carbocycles. The number of rotatable bonds is 6. The maximum atomic E-state index is 7.06. The van der Waals surface area contributed by atoms with Gasteiger partial charge in [0.2, 0.25) is 0 Å². The van der Waals surface area contributed by atoms with Crippen molar-refractivity contribution in [1.29, 1.82) is 0 Å². The van der Waals surface area contributed by atoms with Gasteiger partial charge in [-0.2, -0.15) is 0 Å². The average Bonchev–Trinajstić information content (AvgIpc) is 2.73. The monoisotopic (exact) mass is 337 g/mol. The first-order chi connectivity index (χ1) is 12.6. The molecule has 0 bridgehead atoms. The summed E-state index contributed by atoms with van der Waals surface area (Å²) in [6.07, 6.45) is 5.50. The number of nitrogens with two attached hydrogens (primary N) is 1. The molecule has 0 aliphatic rings. The third-order valence-electron chi connectivity index (χ3n) is 4.81. The smallest absolute Gasteiger partial charge is 0.0922 e. The van der Waals surface area contributed by atoms with Crippen LogP contribution in [0, 0.1) is 0 Å². The summed E-state index contributed by atoms with van der Waals surface area (Å²) in [5.41, 5.74) is 12.6. The van der Waals surface area contributed by atoms with Crippen LogP contribution in [0.2, 0.25) is 0 Å². The van der Waals surface area contributed by atoms with Crippen LogP contribution >= 0.6 is 0 Å². The molecule has 0 aliphatic heterocycles. The molecular formula is C25H23N. The lowest BCUT2D eigenvalue weighted by atomic mass is 9.77. The van der Waals surface area contributed by atoms with Gasteiger partial charge in [-0.1, -0.05) is 111 Å². The van der Waals surface area contributed by atoms with Crippen molar-refractivity contribution in [2.24, 2.45) is 5.73 Å². The Morgan fingerprint density at radius 3 is 0.923 bits per heavy atom. The fourth-order valence-corrected chi connectivity index (χ4v) is 3.15. The molecule has 3 rings (SSSR count). The van der Waals surface area contributed by atoms with Gasteiger partial charge in [-0.05, 0) is 33.4 Å². The fourth-order valence-electron chi connectivity index (χ4n) is 3.15. The molecule has 26 heavy (non-hydrogen) atoms. The van der Waals surface area contributed by atoms with E-state index in [1.807, 2.05) is 54.6 Å². The number of benzene rings is 3. The minimum Gasteiger partial charge on any atom is -0.314 e. The largest absolute Gasteiger partial charge is 0.314 e. The highest BCUT2D eigenvalue weighted by Gasteiger charge is 2.31. The standard InChI is InChI=1S/C25H23N/c1-4-19-7-13-22(14-8-19)25(26,23-15-9-20(5-2)10-16-23)24-17-11-21(6-3)12-18-24/h4-18H,1-3,26H2. The van der Waals surface area contributed by atoms with Crippen LogP contribution in [-0.4, -0.2) is 0 Å². The van der Waals surface area contributed by atoms with Crippen LogP contribution in [-0.2, 0) is 5.54 Å². The van der Waals surface area contributed by atoms with E-state index in [0.717, 1.165) is 33.4 Å². The van der Waals surface area contributed by atoms with E-state index >= 15 is 0 Å². The molecule has 0 unspecified atom stereocenters. The fraction of sp³-hybridized carbons (Fsp3) is 0.0400. The van der Waals surface area contributed by atoms with Crippen LogP contribution in [0.1, 0.15) is 33.4 Å². The summed E-state index contributed by atoms with van der Waals surface area (Å²) in [5, 5.41) is 0. The van der Waals surface area contributed by atoms with Crippen molar-refractivity contribution in [3.63, 3.8) is 0 Å². The zero-order chi connectivity index (χ0) is 18.6. The molecule has 0 heterocycles. The predicted octanol–water partition coefficient (Wildman–Crippen LogP) is 5.87. The van der Waals surface area contributed by atoms with Gasteiger partial charge < -0.3 is 5.73 Å². The summed E-state index contributed by atoms with van der Waals surface area (Å²) in [5.74, 6) is 0. The van der Waals surface area contributed by atoms with Gasteiger partial charge in [-0.3, -0.25) is 0 Å². The lowest BCUT2D eigenvalue weighted by molar-refractivity contribution is 0.652. The van der Waals surface area contributed by atoms with E-state index in [9.17, 15) is 0 Å². The van der Waals surface area contributed by atoms with E-state index in [4.69, 9.17) is 5.73 Å². The van der Waals surface area contributed by atoms with Gasteiger partial charge in [0.25, 0.3) is 0 Å². The zero-order valence-electron chi connectivity index (χ0n) is 14.9. The van der Waals surface area contributed by atoms with Crippen LogP contribution < -0.4 is 5.73 Å². The molecule has 0 radical (unpaired) electrons. The lowest BCUT2D eigenvalue weighted by Gasteiger charge is -2.32. The Balaban J connectivity index is 2.19. The Morgan fingerprint density at radius 2 is 0.731 bits per heavy atom. The van der Waals surface area contributed by atoms with Gasteiger partial charge >= 0.3 is 0 Å². The molecule has 1 heteroatoms. The molecule has 0 saturated heterocycles. The van der Waals surface area contributed by atoms with Crippen LogP contribution in [0.25, 0.3) is 18.2 Å². The first-order valence-electron chi connectivity index (χ1n) is 8.59. The number of hydrogen-bond donors (Lipinski definition) is 1. The predicted molar refractivity (Wildman–Crippen MR) is 114 cm³/mol.